The molecule has 1 aliphatic heterocycles. The van der Waals surface area contributed by atoms with E-state index in [1.165, 1.54) is 4.68 Å². The van der Waals surface area contributed by atoms with Gasteiger partial charge in [-0.3, -0.25) is 4.79 Å². The first-order valence-electron chi connectivity index (χ1n) is 9.34. The van der Waals surface area contributed by atoms with E-state index in [-0.39, 0.29) is 12.4 Å². The Bertz CT molecular complexity index is 1330. The predicted molar refractivity (Wildman–Crippen MR) is 114 cm³/mol. The highest BCUT2D eigenvalue weighted by molar-refractivity contribution is 5.84. The summed E-state index contributed by atoms with van der Waals surface area (Å²) in [5.41, 5.74) is 1.87. The number of nitrogens with zero attached hydrogens (tertiary/aromatic N) is 3. The van der Waals surface area contributed by atoms with Gasteiger partial charge in [-0.15, -0.1) is 0 Å². The van der Waals surface area contributed by atoms with Crippen LogP contribution in [0.25, 0.3) is 22.3 Å². The molecule has 3 aromatic carbocycles. The molecule has 5 rings (SSSR count). The van der Waals surface area contributed by atoms with Crippen molar-refractivity contribution in [2.75, 3.05) is 13.9 Å². The van der Waals surface area contributed by atoms with Crippen LogP contribution in [-0.2, 0) is 0 Å². The molecule has 1 aromatic heterocycles. The molecule has 7 nitrogen and oxygen atoms in total. The summed E-state index contributed by atoms with van der Waals surface area (Å²) in [4.78, 5) is 17.9. The second kappa shape index (κ2) is 7.36. The standard InChI is InChI=1S/C23H17N3O4/c1-28-19-11-15(12-20-21(19)30-14-29-20)13-24-26-22(16-7-3-2-4-8-16)25-18-10-6-5-9-17(18)23(26)27/h2-13H,14H2,1H3. The number of fused-ring (bicyclic) bond motifs is 2. The number of methoxy groups -OCH3 is 1. The second-order valence-electron chi connectivity index (χ2n) is 6.64. The van der Waals surface area contributed by atoms with Crippen molar-refractivity contribution in [3.63, 3.8) is 0 Å². The van der Waals surface area contributed by atoms with E-state index in [1.54, 1.807) is 31.5 Å². The Hall–Kier alpha value is -4.13. The third-order valence-corrected chi connectivity index (χ3v) is 4.79. The highest BCUT2D eigenvalue weighted by Crippen LogP contribution is 2.41. The molecule has 2 heterocycles. The lowest BCUT2D eigenvalue weighted by molar-refractivity contribution is 0.171. The number of aromatic nitrogens is 2. The van der Waals surface area contributed by atoms with Crippen molar-refractivity contribution in [2.24, 2.45) is 5.10 Å². The van der Waals surface area contributed by atoms with Crippen molar-refractivity contribution in [1.82, 2.24) is 9.66 Å². The van der Waals surface area contributed by atoms with Gasteiger partial charge >= 0.3 is 0 Å². The van der Waals surface area contributed by atoms with Crippen LogP contribution >= 0.6 is 0 Å². The Morgan fingerprint density at radius 3 is 2.70 bits per heavy atom. The van der Waals surface area contributed by atoms with Gasteiger partial charge in [0.05, 0.1) is 24.2 Å². The second-order valence-corrected chi connectivity index (χ2v) is 6.64. The molecule has 1 aliphatic rings. The fourth-order valence-electron chi connectivity index (χ4n) is 3.35. The van der Waals surface area contributed by atoms with Gasteiger partial charge < -0.3 is 14.2 Å². The molecule has 0 fully saturated rings. The molecule has 0 amide bonds. The van der Waals surface area contributed by atoms with E-state index < -0.39 is 0 Å². The van der Waals surface area contributed by atoms with Gasteiger partial charge in [0.1, 0.15) is 0 Å². The monoisotopic (exact) mass is 399 g/mol. The highest BCUT2D eigenvalue weighted by atomic mass is 16.7. The van der Waals surface area contributed by atoms with Crippen LogP contribution in [0, 0.1) is 0 Å². The summed E-state index contributed by atoms with van der Waals surface area (Å²) in [7, 11) is 1.56. The largest absolute Gasteiger partial charge is 0.493 e. The SMILES string of the molecule is COc1cc(C=Nn2c(-c3ccccc3)nc3ccccc3c2=O)cc2c1OCO2. The molecule has 0 spiro atoms. The first kappa shape index (κ1) is 17.9. The zero-order valence-corrected chi connectivity index (χ0v) is 16.1. The first-order valence-corrected chi connectivity index (χ1v) is 9.34. The summed E-state index contributed by atoms with van der Waals surface area (Å²) in [6, 6.07) is 20.3. The predicted octanol–water partition coefficient (Wildman–Crippen LogP) is 3.68. The van der Waals surface area contributed by atoms with Crippen LogP contribution < -0.4 is 19.8 Å². The maximum Gasteiger partial charge on any atom is 0.282 e. The van der Waals surface area contributed by atoms with Crippen LogP contribution in [0.5, 0.6) is 17.2 Å². The normalized spacial score (nSPS) is 12.6. The minimum atomic E-state index is -0.247. The lowest BCUT2D eigenvalue weighted by Gasteiger charge is -2.10. The van der Waals surface area contributed by atoms with Gasteiger partial charge in [0, 0.05) is 11.1 Å². The molecular formula is C23H17N3O4. The maximum atomic E-state index is 13.2. The van der Waals surface area contributed by atoms with Gasteiger partial charge in [0.2, 0.25) is 12.5 Å². The lowest BCUT2D eigenvalue weighted by atomic mass is 10.2. The van der Waals surface area contributed by atoms with E-state index >= 15 is 0 Å². The minimum absolute atomic E-state index is 0.137. The molecule has 0 saturated carbocycles. The molecule has 0 atom stereocenters. The zero-order chi connectivity index (χ0) is 20.5. The van der Waals surface area contributed by atoms with Crippen molar-refractivity contribution in [3.8, 4) is 28.6 Å². The summed E-state index contributed by atoms with van der Waals surface area (Å²) in [5.74, 6) is 2.13. The van der Waals surface area contributed by atoms with E-state index in [4.69, 9.17) is 14.2 Å². The Kier molecular flexibility index (Phi) is 4.40. The van der Waals surface area contributed by atoms with Crippen LogP contribution in [0.15, 0.2) is 76.6 Å². The molecule has 0 N–H and O–H groups in total. The molecule has 0 radical (unpaired) electrons. The lowest BCUT2D eigenvalue weighted by Crippen LogP contribution is -2.20. The first-order chi connectivity index (χ1) is 14.7. The quantitative estimate of drug-likeness (QED) is 0.490. The average Bonchev–Trinajstić information content (AvgIpc) is 3.27. The topological polar surface area (TPSA) is 74.9 Å². The number of benzene rings is 3. The van der Waals surface area contributed by atoms with Gasteiger partial charge in [-0.25, -0.2) is 4.98 Å². The fraction of sp³-hybridized carbons (Fsp3) is 0.0870. The van der Waals surface area contributed by atoms with E-state index in [0.717, 1.165) is 5.56 Å². The van der Waals surface area contributed by atoms with Crippen LogP contribution in [0.1, 0.15) is 5.56 Å². The third-order valence-electron chi connectivity index (χ3n) is 4.79. The summed E-state index contributed by atoms with van der Waals surface area (Å²) in [6.07, 6.45) is 1.58. The van der Waals surface area contributed by atoms with Gasteiger partial charge in [-0.2, -0.15) is 9.78 Å². The molecule has 7 heteroatoms. The zero-order valence-electron chi connectivity index (χ0n) is 16.1. The fourth-order valence-corrected chi connectivity index (χ4v) is 3.35. The molecular weight excluding hydrogens is 382 g/mol. The molecule has 0 unspecified atom stereocenters. The maximum absolute atomic E-state index is 13.2. The Morgan fingerprint density at radius 1 is 1.07 bits per heavy atom. The van der Waals surface area contributed by atoms with E-state index in [2.05, 4.69) is 10.1 Å². The molecule has 4 aromatic rings. The summed E-state index contributed by atoms with van der Waals surface area (Å²) < 4.78 is 17.6. The van der Waals surface area contributed by atoms with Crippen LogP contribution in [0.4, 0.5) is 0 Å². The third kappa shape index (κ3) is 3.06. The van der Waals surface area contributed by atoms with Crippen LogP contribution in [-0.4, -0.2) is 29.8 Å². The molecule has 0 bridgehead atoms. The van der Waals surface area contributed by atoms with Crippen molar-refractivity contribution in [3.05, 3.63) is 82.6 Å². The Balaban J connectivity index is 1.67. The highest BCUT2D eigenvalue weighted by Gasteiger charge is 2.20. The summed E-state index contributed by atoms with van der Waals surface area (Å²) in [6.45, 7) is 0.137. The van der Waals surface area contributed by atoms with E-state index in [9.17, 15) is 4.79 Å². The number of hydrogen-bond donors (Lipinski definition) is 0. The van der Waals surface area contributed by atoms with Gasteiger partial charge in [0.15, 0.2) is 17.3 Å². The number of rotatable bonds is 4. The minimum Gasteiger partial charge on any atom is -0.493 e. The molecule has 0 saturated heterocycles. The summed E-state index contributed by atoms with van der Waals surface area (Å²) in [5, 5.41) is 4.97. The van der Waals surface area contributed by atoms with Crippen LogP contribution in [0.3, 0.4) is 0 Å². The smallest absolute Gasteiger partial charge is 0.282 e. The van der Waals surface area contributed by atoms with Crippen molar-refractivity contribution >= 4 is 17.1 Å². The molecule has 148 valence electrons. The van der Waals surface area contributed by atoms with E-state index in [1.807, 2.05) is 48.5 Å². The van der Waals surface area contributed by atoms with Crippen molar-refractivity contribution in [2.45, 2.75) is 0 Å². The van der Waals surface area contributed by atoms with Gasteiger partial charge in [-0.1, -0.05) is 42.5 Å². The van der Waals surface area contributed by atoms with Crippen molar-refractivity contribution in [1.29, 1.82) is 0 Å². The number of para-hydroxylation sites is 1. The number of ether oxygens (including phenoxy) is 3. The Morgan fingerprint density at radius 2 is 1.87 bits per heavy atom. The molecule has 0 aliphatic carbocycles. The van der Waals surface area contributed by atoms with Gasteiger partial charge in [0.25, 0.3) is 5.56 Å². The van der Waals surface area contributed by atoms with Gasteiger partial charge in [-0.05, 0) is 24.3 Å². The average molecular weight is 399 g/mol. The summed E-state index contributed by atoms with van der Waals surface area (Å²) >= 11 is 0. The van der Waals surface area contributed by atoms with Crippen LogP contribution in [0.2, 0.25) is 0 Å². The molecule has 30 heavy (non-hydrogen) atoms. The van der Waals surface area contributed by atoms with E-state index in [0.29, 0.717) is 39.5 Å². The Labute approximate surface area is 171 Å². The van der Waals surface area contributed by atoms with Crippen molar-refractivity contribution < 1.29 is 14.2 Å². The number of hydrogen-bond acceptors (Lipinski definition) is 6.